The maximum absolute atomic E-state index is 12.6. The largest absolute Gasteiger partial charge is 0.447 e. The summed E-state index contributed by atoms with van der Waals surface area (Å²) in [5.41, 5.74) is -2.94. The lowest BCUT2D eigenvalue weighted by Gasteiger charge is -2.09. The molecule has 24 heavy (non-hydrogen) atoms. The first-order valence-electron chi connectivity index (χ1n) is 6.72. The Hall–Kier alpha value is -2.13. The number of hydrogen-bond donors (Lipinski definition) is 1. The molecule has 0 aliphatic heterocycles. The highest BCUT2D eigenvalue weighted by Crippen LogP contribution is 2.37. The molecule has 2 heterocycles. The van der Waals surface area contributed by atoms with Crippen molar-refractivity contribution in [3.8, 4) is 0 Å². The first-order chi connectivity index (χ1) is 11.3. The number of carbonyl (C=O) groups is 1. The number of nitrogens with zero attached hydrogens (tertiary/aromatic N) is 2. The fourth-order valence-corrected chi connectivity index (χ4v) is 3.60. The quantitative estimate of drug-likeness (QED) is 0.670. The molecule has 1 N–H and O–H groups in total. The third-order valence-corrected chi connectivity index (χ3v) is 4.76. The lowest BCUT2D eigenvalue weighted by atomic mass is 10.2. The van der Waals surface area contributed by atoms with Crippen LogP contribution in [-0.2, 0) is 0 Å². The smallest absolute Gasteiger partial charge is 0.298 e. The van der Waals surface area contributed by atoms with Crippen LogP contribution in [-0.4, -0.2) is 21.4 Å². The van der Waals surface area contributed by atoms with Gasteiger partial charge >= 0.3 is 5.51 Å². The zero-order chi connectivity index (χ0) is 17.3. The number of alkyl halides is 3. The maximum atomic E-state index is 12.6. The second-order valence-corrected chi connectivity index (χ2v) is 6.88. The number of nitrogens with one attached hydrogen (secondary N) is 1. The van der Waals surface area contributed by atoms with E-state index in [-0.39, 0.29) is 10.6 Å². The first kappa shape index (κ1) is 16.7. The minimum absolute atomic E-state index is 0.143. The third-order valence-electron chi connectivity index (χ3n) is 3.07. The summed E-state index contributed by atoms with van der Waals surface area (Å²) >= 11 is 0.846. The Balaban J connectivity index is 1.88. The summed E-state index contributed by atoms with van der Waals surface area (Å²) in [6, 6.07) is 8.35. The van der Waals surface area contributed by atoms with Crippen LogP contribution >= 0.6 is 23.1 Å². The predicted molar refractivity (Wildman–Crippen MR) is 88.5 cm³/mol. The zero-order valence-corrected chi connectivity index (χ0v) is 13.9. The number of rotatable bonds is 3. The Labute approximate surface area is 143 Å². The molecule has 2 aromatic heterocycles. The molecule has 0 atom stereocenters. The Morgan fingerprint density at radius 2 is 2.04 bits per heavy atom. The van der Waals surface area contributed by atoms with Gasteiger partial charge in [0.05, 0.1) is 15.8 Å². The highest BCUT2D eigenvalue weighted by atomic mass is 32.2. The summed E-state index contributed by atoms with van der Waals surface area (Å²) in [4.78, 5) is 20.3. The number of amides is 1. The number of fused-ring (bicyclic) bond motifs is 1. The van der Waals surface area contributed by atoms with Crippen LogP contribution in [0.4, 0.5) is 18.3 Å². The average molecular weight is 369 g/mol. The van der Waals surface area contributed by atoms with Crippen molar-refractivity contribution in [2.75, 3.05) is 5.32 Å². The summed E-state index contributed by atoms with van der Waals surface area (Å²) in [5, 5.41) is 2.49. The molecule has 124 valence electrons. The van der Waals surface area contributed by atoms with Crippen molar-refractivity contribution in [2.24, 2.45) is 0 Å². The monoisotopic (exact) mass is 369 g/mol. The standard InChI is InChI=1S/C15H10F3N3OS2/c1-8-4-2-6-10-11(8)20-14(23-10)21-12(22)9-5-3-7-19-13(9)24-15(16,17)18/h2-7H,1H3,(H,20,21,22). The van der Waals surface area contributed by atoms with Crippen LogP contribution in [0.5, 0.6) is 0 Å². The molecule has 1 aromatic carbocycles. The van der Waals surface area contributed by atoms with E-state index < -0.39 is 23.2 Å². The van der Waals surface area contributed by atoms with Crippen LogP contribution in [0.3, 0.4) is 0 Å². The Kier molecular flexibility index (Phi) is 4.46. The van der Waals surface area contributed by atoms with Crippen molar-refractivity contribution < 1.29 is 18.0 Å². The Bertz CT molecular complexity index is 908. The van der Waals surface area contributed by atoms with E-state index in [0.717, 1.165) is 15.8 Å². The van der Waals surface area contributed by atoms with Crippen molar-refractivity contribution in [2.45, 2.75) is 17.5 Å². The number of hydrogen-bond acceptors (Lipinski definition) is 5. The summed E-state index contributed by atoms with van der Waals surface area (Å²) in [6.07, 6.45) is 1.21. The number of aryl methyl sites for hydroxylation is 1. The van der Waals surface area contributed by atoms with Gasteiger partial charge < -0.3 is 0 Å². The number of benzene rings is 1. The highest BCUT2D eigenvalue weighted by molar-refractivity contribution is 8.00. The van der Waals surface area contributed by atoms with Crippen LogP contribution in [0.1, 0.15) is 15.9 Å². The molecule has 3 aromatic rings. The van der Waals surface area contributed by atoms with Gasteiger partial charge in [0.15, 0.2) is 5.13 Å². The van der Waals surface area contributed by atoms with E-state index in [2.05, 4.69) is 15.3 Å². The lowest BCUT2D eigenvalue weighted by molar-refractivity contribution is -0.0329. The number of para-hydroxylation sites is 1. The van der Waals surface area contributed by atoms with Gasteiger partial charge in [-0.15, -0.1) is 0 Å². The molecule has 0 saturated heterocycles. The van der Waals surface area contributed by atoms with E-state index in [0.29, 0.717) is 5.13 Å². The predicted octanol–water partition coefficient (Wildman–Crippen LogP) is 4.86. The summed E-state index contributed by atoms with van der Waals surface area (Å²) in [7, 11) is 0. The van der Waals surface area contributed by atoms with Gasteiger partial charge in [0.1, 0.15) is 5.03 Å². The van der Waals surface area contributed by atoms with E-state index in [1.54, 1.807) is 0 Å². The second-order valence-electron chi connectivity index (χ2n) is 4.80. The maximum Gasteiger partial charge on any atom is 0.447 e. The number of anilines is 1. The van der Waals surface area contributed by atoms with E-state index in [9.17, 15) is 18.0 Å². The van der Waals surface area contributed by atoms with Crippen LogP contribution in [0.25, 0.3) is 10.2 Å². The number of pyridine rings is 1. The van der Waals surface area contributed by atoms with Crippen LogP contribution in [0, 0.1) is 6.92 Å². The Morgan fingerprint density at radius 1 is 1.25 bits per heavy atom. The number of halogens is 3. The van der Waals surface area contributed by atoms with E-state index in [4.69, 9.17) is 0 Å². The third kappa shape index (κ3) is 3.68. The molecule has 0 aliphatic rings. The molecule has 0 spiro atoms. The number of aromatic nitrogens is 2. The molecule has 0 fully saturated rings. The molecule has 9 heteroatoms. The zero-order valence-electron chi connectivity index (χ0n) is 12.2. The minimum Gasteiger partial charge on any atom is -0.298 e. The van der Waals surface area contributed by atoms with Gasteiger partial charge in [-0.3, -0.25) is 10.1 Å². The number of thiazole rings is 1. The van der Waals surface area contributed by atoms with Crippen LogP contribution < -0.4 is 5.32 Å². The molecule has 0 bridgehead atoms. The van der Waals surface area contributed by atoms with Crippen LogP contribution in [0.15, 0.2) is 41.6 Å². The molecule has 0 saturated carbocycles. The van der Waals surface area contributed by atoms with Gasteiger partial charge in [-0.1, -0.05) is 23.5 Å². The Morgan fingerprint density at radius 3 is 2.75 bits per heavy atom. The van der Waals surface area contributed by atoms with Crippen molar-refractivity contribution in [3.05, 3.63) is 47.7 Å². The highest BCUT2D eigenvalue weighted by Gasteiger charge is 2.32. The molecule has 1 amide bonds. The van der Waals surface area contributed by atoms with Crippen molar-refractivity contribution in [1.29, 1.82) is 0 Å². The van der Waals surface area contributed by atoms with Crippen molar-refractivity contribution in [3.63, 3.8) is 0 Å². The van der Waals surface area contributed by atoms with Gasteiger partial charge in [0.2, 0.25) is 0 Å². The fraction of sp³-hybridized carbons (Fsp3) is 0.133. The summed E-state index contributed by atoms with van der Waals surface area (Å²) in [6.45, 7) is 1.90. The SMILES string of the molecule is Cc1cccc2sc(NC(=O)c3cccnc3SC(F)(F)F)nc12. The summed E-state index contributed by atoms with van der Waals surface area (Å²) < 4.78 is 38.6. The van der Waals surface area contributed by atoms with Crippen LogP contribution in [0.2, 0.25) is 0 Å². The lowest BCUT2D eigenvalue weighted by Crippen LogP contribution is -2.14. The minimum atomic E-state index is -4.52. The molecule has 0 aliphatic carbocycles. The van der Waals surface area contributed by atoms with E-state index in [1.165, 1.54) is 29.7 Å². The first-order valence-corrected chi connectivity index (χ1v) is 8.35. The molecule has 0 radical (unpaired) electrons. The normalized spacial score (nSPS) is 11.7. The van der Waals surface area contributed by atoms with Gasteiger partial charge in [-0.25, -0.2) is 9.97 Å². The van der Waals surface area contributed by atoms with E-state index >= 15 is 0 Å². The van der Waals surface area contributed by atoms with Gasteiger partial charge in [-0.05, 0) is 30.7 Å². The molecule has 3 rings (SSSR count). The van der Waals surface area contributed by atoms with Gasteiger partial charge in [-0.2, -0.15) is 13.2 Å². The number of carbonyl (C=O) groups excluding carboxylic acids is 1. The molecule has 0 unspecified atom stereocenters. The summed E-state index contributed by atoms with van der Waals surface area (Å²) in [5.74, 6) is -0.674. The van der Waals surface area contributed by atoms with Gasteiger partial charge in [0, 0.05) is 18.0 Å². The molecule has 4 nitrogen and oxygen atoms in total. The van der Waals surface area contributed by atoms with E-state index in [1.807, 2.05) is 25.1 Å². The topological polar surface area (TPSA) is 54.9 Å². The molecular formula is C15H10F3N3OS2. The average Bonchev–Trinajstić information content (AvgIpc) is 2.90. The number of thioether (sulfide) groups is 1. The van der Waals surface area contributed by atoms with Crippen molar-refractivity contribution in [1.82, 2.24) is 9.97 Å². The molecular weight excluding hydrogens is 359 g/mol. The second kappa shape index (κ2) is 6.40. The van der Waals surface area contributed by atoms with Crippen molar-refractivity contribution >= 4 is 44.4 Å². The van der Waals surface area contributed by atoms with Gasteiger partial charge in [0.25, 0.3) is 5.91 Å². The fourth-order valence-electron chi connectivity index (χ4n) is 2.06.